The van der Waals surface area contributed by atoms with E-state index in [1.807, 2.05) is 134 Å². The van der Waals surface area contributed by atoms with E-state index in [0.29, 0.717) is 11.8 Å². The molecule has 628 valence electrons. The van der Waals surface area contributed by atoms with Gasteiger partial charge < -0.3 is 17.7 Å². The summed E-state index contributed by atoms with van der Waals surface area (Å²) in [6, 6.07) is 94.7. The van der Waals surface area contributed by atoms with Gasteiger partial charge in [-0.15, -0.1) is 0 Å². The number of fused-ring (bicyclic) bond motifs is 12. The van der Waals surface area contributed by atoms with E-state index in [-0.39, 0.29) is 29.4 Å². The minimum Gasteiger partial charge on any atom is -0.455 e. The van der Waals surface area contributed by atoms with Gasteiger partial charge in [-0.25, -0.2) is 27.0 Å². The van der Waals surface area contributed by atoms with Gasteiger partial charge in [0.05, 0.1) is 22.3 Å². The van der Waals surface area contributed by atoms with Gasteiger partial charge in [-0.3, -0.25) is 0 Å². The number of pyridine rings is 4. The van der Waals surface area contributed by atoms with Crippen molar-refractivity contribution in [2.45, 2.75) is 127 Å². The van der Waals surface area contributed by atoms with E-state index in [9.17, 15) is 4.39 Å². The number of halogens is 2. The molecule has 0 spiro atoms. The van der Waals surface area contributed by atoms with Gasteiger partial charge in [0.2, 0.25) is 22.8 Å². The Kier molecular flexibility index (Phi) is 23.6. The Morgan fingerprint density at radius 3 is 0.889 bits per heavy atom. The Morgan fingerprint density at radius 2 is 0.563 bits per heavy atom. The van der Waals surface area contributed by atoms with Crippen molar-refractivity contribution in [3.05, 3.63) is 359 Å². The minimum absolute atomic E-state index is 0.0677. The second-order valence-electron chi connectivity index (χ2n) is 35.8. The number of aryl methyl sites for hydroxylation is 8. The number of hydrogen-bond acceptors (Lipinski definition) is 4. The van der Waals surface area contributed by atoms with Crippen molar-refractivity contribution in [3.63, 3.8) is 0 Å². The van der Waals surface area contributed by atoms with Crippen LogP contribution < -0.4 is 18.3 Å². The van der Waals surface area contributed by atoms with Crippen molar-refractivity contribution in [3.8, 4) is 89.5 Å². The van der Waals surface area contributed by atoms with Crippen molar-refractivity contribution < 1.29 is 44.7 Å². The second-order valence-corrected chi connectivity index (χ2v) is 35.8. The Hall–Kier alpha value is -13.7. The van der Waals surface area contributed by atoms with Crippen LogP contribution in [0.25, 0.3) is 177 Å². The number of nitrogens with zero attached hydrogens (tertiary/aromatic N) is 4. The lowest BCUT2D eigenvalue weighted by Crippen LogP contribution is -2.31. The maximum atomic E-state index is 15.1. The molecule has 0 aliphatic rings. The van der Waals surface area contributed by atoms with Gasteiger partial charge in [0, 0.05) is 89.6 Å². The predicted molar refractivity (Wildman–Crippen MR) is 517 cm³/mol. The largest absolute Gasteiger partial charge is 0.455 e. The SMILES string of the molecule is Cc1ccc2c(oc3ccccc32)c1-c1ccc(-c2cc(C(C)C)c(F)c(C(C)C)c2)c[n+]1C.Cc1ccc2c(oc3ccccc32)c1-c1ccc(-c2ccc(F)c(C(C)C)c2)c[n+]1C.Cc1ccc2c(oc3ccccc32)c1-c1ccc(-c2cccc(C(C)C)c2)c[n+]1C.Cc1ccc2c(oc3ccccc32)c1-c1ccc(-c2cccc(CC(C)C)c2)c[n+]1C. The second kappa shape index (κ2) is 35.1. The first-order valence-corrected chi connectivity index (χ1v) is 44.2. The van der Waals surface area contributed by atoms with Crippen molar-refractivity contribution in [1.29, 1.82) is 0 Å². The van der Waals surface area contributed by atoms with Crippen molar-refractivity contribution in [1.82, 2.24) is 0 Å². The van der Waals surface area contributed by atoms with Gasteiger partial charge in [0.15, 0.2) is 24.8 Å². The van der Waals surface area contributed by atoms with Crippen LogP contribution in [-0.2, 0) is 34.6 Å². The van der Waals surface area contributed by atoms with Crippen molar-refractivity contribution in [2.75, 3.05) is 0 Å². The molecule has 8 nitrogen and oxygen atoms in total. The summed E-state index contributed by atoms with van der Waals surface area (Å²) in [6.45, 7) is 29.8. The molecule has 12 aromatic carbocycles. The van der Waals surface area contributed by atoms with E-state index in [4.69, 9.17) is 17.7 Å². The molecule has 8 aromatic heterocycles. The third-order valence-corrected chi connectivity index (χ3v) is 25.0. The van der Waals surface area contributed by atoms with Gasteiger partial charge >= 0.3 is 0 Å². The van der Waals surface area contributed by atoms with Crippen LogP contribution in [0.2, 0.25) is 0 Å². The van der Waals surface area contributed by atoms with Gasteiger partial charge in [-0.05, 0) is 209 Å². The smallest absolute Gasteiger partial charge is 0.216 e. The molecule has 20 rings (SSSR count). The number of furan rings is 4. The van der Waals surface area contributed by atoms with Gasteiger partial charge in [-0.1, -0.05) is 245 Å². The lowest BCUT2D eigenvalue weighted by atomic mass is 9.90. The molecule has 0 N–H and O–H groups in total. The van der Waals surface area contributed by atoms with E-state index >= 15 is 4.39 Å². The van der Waals surface area contributed by atoms with Gasteiger partial charge in [0.1, 0.15) is 84.5 Å². The van der Waals surface area contributed by atoms with Crippen LogP contribution in [-0.4, -0.2) is 0 Å². The molecule has 0 amide bonds. The highest BCUT2D eigenvalue weighted by Crippen LogP contribution is 2.44. The Bertz CT molecular complexity index is 7540. The van der Waals surface area contributed by atoms with Crippen molar-refractivity contribution in [2.24, 2.45) is 34.1 Å². The maximum absolute atomic E-state index is 15.1. The average Bonchev–Trinajstić information content (AvgIpc) is 1.59. The number of aromatic nitrogens is 4. The third-order valence-electron chi connectivity index (χ3n) is 25.0. The predicted octanol–water partition coefficient (Wildman–Crippen LogP) is 30.2. The zero-order chi connectivity index (χ0) is 88.2. The zero-order valence-corrected chi connectivity index (χ0v) is 75.6. The van der Waals surface area contributed by atoms with Crippen LogP contribution >= 0.6 is 0 Å². The van der Waals surface area contributed by atoms with Crippen LogP contribution in [0.4, 0.5) is 8.78 Å². The van der Waals surface area contributed by atoms with E-state index in [0.717, 1.165) is 157 Å². The fourth-order valence-electron chi connectivity index (χ4n) is 18.2. The highest BCUT2D eigenvalue weighted by molar-refractivity contribution is 6.13. The standard InChI is InChI=1S/C31H31FNO.C29H28NO.C28H25FNO.C28H26NO/c1-18(2)25-15-22(16-26(19(3)4)30(25)32)21-12-14-27(33(6)17-21)29-20(5)11-13-24-23-9-7-8-10-28(23)34-31(24)29;1-19(2)16-21-8-7-9-22(17-21)23-13-15-26(30(4)18-23)28-20(3)12-14-25-24-10-5-6-11-27(24)31-29(25)28;1-17(2)23-15-19(10-13-24(23)29)20-11-14-25(30(4)16-20)27-18(3)9-12-22-21-7-5-6-8-26(21)31-28(22)27;1-18(2)20-8-7-9-21(16-20)22-13-15-25(29(4)17-22)27-19(3)12-14-24-23-10-5-6-11-26(23)30-28(24)27/h7-19H,1-6H3;5-15,17-19H,16H2,1-4H3;5-17H,1-4H3;5-18H,1-4H3/q4*+1. The molecule has 0 aliphatic carbocycles. The van der Waals surface area contributed by atoms with Crippen LogP contribution in [0, 0.1) is 45.2 Å². The summed E-state index contributed by atoms with van der Waals surface area (Å²) < 4.78 is 63.2. The van der Waals surface area contributed by atoms with Crippen LogP contribution in [0.1, 0.15) is 143 Å². The Balaban J connectivity index is 0.000000119. The summed E-state index contributed by atoms with van der Waals surface area (Å²) in [5, 5.41) is 9.18. The summed E-state index contributed by atoms with van der Waals surface area (Å²) in [4.78, 5) is 0. The molecule has 0 atom stereocenters. The molecule has 8 heterocycles. The van der Waals surface area contributed by atoms with E-state index in [1.54, 1.807) is 6.07 Å². The van der Waals surface area contributed by atoms with E-state index < -0.39 is 0 Å². The lowest BCUT2D eigenvalue weighted by molar-refractivity contribution is -0.660. The molecule has 0 fully saturated rings. The minimum atomic E-state index is -0.146. The molecular formula is C116H110F2N4O4+4. The Labute approximate surface area is 738 Å². The molecule has 0 aliphatic heterocycles. The molecule has 0 bridgehead atoms. The fourth-order valence-corrected chi connectivity index (χ4v) is 18.2. The average molecular weight is 1660 g/mol. The normalized spacial score (nSPS) is 11.7. The van der Waals surface area contributed by atoms with Crippen molar-refractivity contribution >= 4 is 87.8 Å². The zero-order valence-electron chi connectivity index (χ0n) is 75.6. The molecular weight excluding hydrogens is 1550 g/mol. The topological polar surface area (TPSA) is 68.1 Å². The summed E-state index contributed by atoms with van der Waals surface area (Å²) >= 11 is 0. The molecule has 0 unspecified atom stereocenters. The summed E-state index contributed by atoms with van der Waals surface area (Å²) in [7, 11) is 8.35. The highest BCUT2D eigenvalue weighted by Gasteiger charge is 2.28. The number of benzene rings is 12. The highest BCUT2D eigenvalue weighted by atomic mass is 19.1. The first-order valence-electron chi connectivity index (χ1n) is 44.2. The molecule has 126 heavy (non-hydrogen) atoms. The maximum Gasteiger partial charge on any atom is 0.216 e. The first kappa shape index (κ1) is 84.5. The quantitative estimate of drug-likeness (QED) is 0.102. The number of rotatable bonds is 14. The summed E-state index contributed by atoms with van der Waals surface area (Å²) in [5.74, 6) is 1.35. The summed E-state index contributed by atoms with van der Waals surface area (Å²) in [6.07, 6.45) is 9.79. The monoisotopic (exact) mass is 1660 g/mol. The summed E-state index contributed by atoms with van der Waals surface area (Å²) in [5.41, 5.74) is 35.4. The Morgan fingerprint density at radius 1 is 0.262 bits per heavy atom. The number of hydrogen-bond donors (Lipinski definition) is 0. The third kappa shape index (κ3) is 16.4. The molecule has 10 heteroatoms. The molecule has 0 saturated carbocycles. The van der Waals surface area contributed by atoms with Crippen LogP contribution in [0.5, 0.6) is 0 Å². The van der Waals surface area contributed by atoms with Gasteiger partial charge in [-0.2, -0.15) is 0 Å². The van der Waals surface area contributed by atoms with Crippen LogP contribution in [0.15, 0.2) is 315 Å². The van der Waals surface area contributed by atoms with Gasteiger partial charge in [0.25, 0.3) is 0 Å². The lowest BCUT2D eigenvalue weighted by Gasteiger charge is -2.16. The fraction of sp³-hybridized carbons (Fsp3) is 0.207. The van der Waals surface area contributed by atoms with E-state index in [2.05, 4.69) is 302 Å². The first-order chi connectivity index (χ1) is 60.7. The molecule has 0 saturated heterocycles. The van der Waals surface area contributed by atoms with E-state index in [1.165, 1.54) is 77.2 Å². The number of para-hydroxylation sites is 4. The van der Waals surface area contributed by atoms with Crippen LogP contribution in [0.3, 0.4) is 0 Å². The molecule has 0 radical (unpaired) electrons. The molecule has 20 aromatic rings.